The van der Waals surface area contributed by atoms with Gasteiger partial charge in [0.2, 0.25) is 0 Å². The van der Waals surface area contributed by atoms with Crippen molar-refractivity contribution >= 4 is 0 Å². The second-order valence-corrected chi connectivity index (χ2v) is 8.24. The van der Waals surface area contributed by atoms with Gasteiger partial charge in [-0.15, -0.1) is 0 Å². The molecule has 2 aromatic heterocycles. The van der Waals surface area contributed by atoms with E-state index < -0.39 is 0 Å². The van der Waals surface area contributed by atoms with Crippen molar-refractivity contribution in [3.63, 3.8) is 0 Å². The van der Waals surface area contributed by atoms with Gasteiger partial charge in [-0.25, -0.2) is 14.6 Å². The fraction of sp³-hybridized carbons (Fsp3) is 0.619. The van der Waals surface area contributed by atoms with Crippen molar-refractivity contribution in [1.29, 1.82) is 0 Å². The van der Waals surface area contributed by atoms with Crippen LogP contribution in [-0.4, -0.2) is 43.8 Å². The second-order valence-electron chi connectivity index (χ2n) is 8.24. The summed E-state index contributed by atoms with van der Waals surface area (Å²) in [6, 6.07) is 4.06. The molecule has 0 spiro atoms. The Balaban J connectivity index is 1.30. The van der Waals surface area contributed by atoms with Crippen molar-refractivity contribution in [2.24, 2.45) is 0 Å². The van der Waals surface area contributed by atoms with Crippen LogP contribution in [0, 0.1) is 0 Å². The van der Waals surface area contributed by atoms with Gasteiger partial charge in [-0.05, 0) is 38.3 Å². The van der Waals surface area contributed by atoms with Gasteiger partial charge in [-0.1, -0.05) is 6.42 Å². The summed E-state index contributed by atoms with van der Waals surface area (Å²) in [6.07, 6.45) is 8.66. The Kier molecular flexibility index (Phi) is 4.94. The molecule has 148 valence electrons. The third kappa shape index (κ3) is 3.61. The third-order valence-electron chi connectivity index (χ3n) is 6.36. The molecule has 0 bridgehead atoms. The van der Waals surface area contributed by atoms with E-state index in [2.05, 4.69) is 15.0 Å². The molecule has 2 aromatic rings. The highest BCUT2D eigenvalue weighted by atomic mass is 16.5. The highest BCUT2D eigenvalue weighted by Gasteiger charge is 2.27. The molecular formula is C21H27N5O2. The molecule has 7 heteroatoms. The Hall–Kier alpha value is -2.12. The predicted molar refractivity (Wildman–Crippen MR) is 104 cm³/mol. The first-order valence-corrected chi connectivity index (χ1v) is 10.5. The molecule has 1 saturated heterocycles. The minimum absolute atomic E-state index is 0.0228. The summed E-state index contributed by atoms with van der Waals surface area (Å²) in [6.45, 7) is 3.70. The zero-order valence-electron chi connectivity index (χ0n) is 16.2. The van der Waals surface area contributed by atoms with E-state index >= 15 is 0 Å². The highest BCUT2D eigenvalue weighted by molar-refractivity contribution is 5.18. The van der Waals surface area contributed by atoms with Crippen LogP contribution in [0.15, 0.2) is 23.1 Å². The van der Waals surface area contributed by atoms with Gasteiger partial charge in [0.1, 0.15) is 5.82 Å². The van der Waals surface area contributed by atoms with Gasteiger partial charge in [0.25, 0.3) is 5.56 Å². The molecule has 28 heavy (non-hydrogen) atoms. The Morgan fingerprint density at radius 2 is 2.14 bits per heavy atom. The van der Waals surface area contributed by atoms with Crippen molar-refractivity contribution in [2.75, 3.05) is 13.2 Å². The van der Waals surface area contributed by atoms with Gasteiger partial charge in [0, 0.05) is 42.8 Å². The average molecular weight is 381 g/mol. The number of ether oxygens (including phenoxy) is 1. The summed E-state index contributed by atoms with van der Waals surface area (Å²) in [7, 11) is 0. The van der Waals surface area contributed by atoms with Crippen LogP contribution < -0.4 is 5.56 Å². The maximum absolute atomic E-state index is 12.5. The van der Waals surface area contributed by atoms with Crippen molar-refractivity contribution in [2.45, 2.75) is 70.2 Å². The molecule has 1 saturated carbocycles. The number of hydrogen-bond donors (Lipinski definition) is 0. The Labute approximate surface area is 164 Å². The minimum Gasteiger partial charge on any atom is -0.376 e. The molecule has 1 atom stereocenters. The van der Waals surface area contributed by atoms with Gasteiger partial charge in [0.15, 0.2) is 0 Å². The van der Waals surface area contributed by atoms with E-state index in [9.17, 15) is 4.79 Å². The molecule has 1 unspecified atom stereocenters. The van der Waals surface area contributed by atoms with Crippen molar-refractivity contribution in [3.05, 3.63) is 51.5 Å². The summed E-state index contributed by atoms with van der Waals surface area (Å²) in [5.74, 6) is 1.56. The molecular weight excluding hydrogens is 354 g/mol. The van der Waals surface area contributed by atoms with Crippen LogP contribution in [0.25, 0.3) is 0 Å². The number of likely N-dealkylation sites (tertiary alicyclic amines) is 1. The highest BCUT2D eigenvalue weighted by Crippen LogP contribution is 2.34. The zero-order valence-corrected chi connectivity index (χ0v) is 16.2. The summed E-state index contributed by atoms with van der Waals surface area (Å²) in [4.78, 5) is 24.3. The standard InChI is InChI=1S/C21H27N5O2/c27-20-11-16-14-28-10-7-19(16)24-26(20)13-18-5-2-9-25(18)12-17-6-8-22-21(23-17)15-3-1-4-15/h6,8,11,15,18H,1-5,7,9-10,12-14H2. The molecule has 1 aliphatic carbocycles. The van der Waals surface area contributed by atoms with Crippen molar-refractivity contribution < 1.29 is 4.74 Å². The quantitative estimate of drug-likeness (QED) is 0.789. The van der Waals surface area contributed by atoms with Crippen LogP contribution >= 0.6 is 0 Å². The lowest BCUT2D eigenvalue weighted by Gasteiger charge is -2.26. The Morgan fingerprint density at radius 3 is 3.00 bits per heavy atom. The normalized spacial score (nSPS) is 22.8. The van der Waals surface area contributed by atoms with Gasteiger partial charge >= 0.3 is 0 Å². The number of nitrogens with zero attached hydrogens (tertiary/aromatic N) is 5. The molecule has 0 N–H and O–H groups in total. The minimum atomic E-state index is -0.0228. The fourth-order valence-corrected chi connectivity index (χ4v) is 4.47. The number of hydrogen-bond acceptors (Lipinski definition) is 6. The van der Waals surface area contributed by atoms with Crippen LogP contribution in [0.1, 0.15) is 60.8 Å². The number of aromatic nitrogens is 4. The van der Waals surface area contributed by atoms with Gasteiger partial charge in [-0.2, -0.15) is 5.10 Å². The third-order valence-corrected chi connectivity index (χ3v) is 6.36. The van der Waals surface area contributed by atoms with Gasteiger partial charge in [-0.3, -0.25) is 9.69 Å². The Morgan fingerprint density at radius 1 is 1.21 bits per heavy atom. The van der Waals surface area contributed by atoms with E-state index in [0.29, 0.717) is 31.7 Å². The van der Waals surface area contributed by atoms with Crippen LogP contribution in [-0.2, 0) is 30.9 Å². The van der Waals surface area contributed by atoms with Gasteiger partial charge in [0.05, 0.1) is 31.1 Å². The molecule has 3 aliphatic rings. The first kappa shape index (κ1) is 17.9. The first-order chi connectivity index (χ1) is 13.8. The van der Waals surface area contributed by atoms with Gasteiger partial charge < -0.3 is 4.74 Å². The van der Waals surface area contributed by atoms with Crippen LogP contribution in [0.3, 0.4) is 0 Å². The van der Waals surface area contributed by atoms with Crippen molar-refractivity contribution in [1.82, 2.24) is 24.6 Å². The SMILES string of the molecule is O=c1cc2c(nn1CC1CCCN1Cc1ccnc(C3CCC3)n1)CCOC2. The summed E-state index contributed by atoms with van der Waals surface area (Å²) >= 11 is 0. The topological polar surface area (TPSA) is 73.1 Å². The van der Waals surface area contributed by atoms with Crippen LogP contribution in [0.4, 0.5) is 0 Å². The van der Waals surface area contributed by atoms with E-state index in [1.807, 2.05) is 12.3 Å². The summed E-state index contributed by atoms with van der Waals surface area (Å²) in [5.41, 5.74) is 3.02. The fourth-order valence-electron chi connectivity index (χ4n) is 4.47. The summed E-state index contributed by atoms with van der Waals surface area (Å²) < 4.78 is 7.10. The zero-order chi connectivity index (χ0) is 18.9. The van der Waals surface area contributed by atoms with Crippen LogP contribution in [0.2, 0.25) is 0 Å². The lowest BCUT2D eigenvalue weighted by atomic mass is 9.85. The van der Waals surface area contributed by atoms with E-state index in [1.165, 1.54) is 19.3 Å². The number of fused-ring (bicyclic) bond motifs is 1. The predicted octanol–water partition coefficient (Wildman–Crippen LogP) is 2.04. The van der Waals surface area contributed by atoms with Crippen molar-refractivity contribution in [3.8, 4) is 0 Å². The number of rotatable bonds is 5. The molecule has 2 aliphatic heterocycles. The largest absolute Gasteiger partial charge is 0.376 e. The molecule has 4 heterocycles. The maximum Gasteiger partial charge on any atom is 0.267 e. The molecule has 0 amide bonds. The molecule has 7 nitrogen and oxygen atoms in total. The first-order valence-electron chi connectivity index (χ1n) is 10.5. The molecule has 0 radical (unpaired) electrons. The van der Waals surface area contributed by atoms with E-state index in [-0.39, 0.29) is 5.56 Å². The Bertz CT molecular complexity index is 908. The second kappa shape index (κ2) is 7.72. The van der Waals surface area contributed by atoms with E-state index in [1.54, 1.807) is 10.7 Å². The monoisotopic (exact) mass is 381 g/mol. The summed E-state index contributed by atoms with van der Waals surface area (Å²) in [5, 5.41) is 4.65. The van der Waals surface area contributed by atoms with Crippen LogP contribution in [0.5, 0.6) is 0 Å². The lowest BCUT2D eigenvalue weighted by molar-refractivity contribution is 0.107. The average Bonchev–Trinajstić information content (AvgIpc) is 3.08. The molecule has 0 aromatic carbocycles. The van der Waals surface area contributed by atoms with E-state index in [0.717, 1.165) is 55.1 Å². The lowest BCUT2D eigenvalue weighted by Crippen LogP contribution is -2.38. The molecule has 2 fully saturated rings. The maximum atomic E-state index is 12.5. The smallest absolute Gasteiger partial charge is 0.267 e. The van der Waals surface area contributed by atoms with E-state index in [4.69, 9.17) is 9.72 Å². The molecule has 5 rings (SSSR count).